The Morgan fingerprint density at radius 3 is 0.992 bits per heavy atom. The number of benzene rings is 5. The fraction of sp³-hybridized carbons (Fsp3) is 0.675. The molecule has 0 spiro atoms. The predicted octanol–water partition coefficient (Wildman–Crippen LogP) is 38.1. The van der Waals surface area contributed by atoms with E-state index in [9.17, 15) is 0 Å². The van der Waals surface area contributed by atoms with E-state index in [1.54, 1.807) is 0 Å². The van der Waals surface area contributed by atoms with Crippen molar-refractivity contribution >= 4 is 10.8 Å². The summed E-state index contributed by atoms with van der Waals surface area (Å²) in [5, 5.41) is 2.67. The van der Waals surface area contributed by atoms with E-state index in [1.165, 1.54) is 120 Å². The number of fused-ring (bicyclic) bond motifs is 1. The number of hydrogen-bond donors (Lipinski definition) is 0. The first kappa shape index (κ1) is 114. The Hall–Kier alpha value is -5.34. The topological polar surface area (TPSA) is 25.8 Å². The van der Waals surface area contributed by atoms with Gasteiger partial charge in [-0.15, -0.1) is 0 Å². The van der Waals surface area contributed by atoms with Gasteiger partial charge in [-0.1, -0.05) is 482 Å². The fourth-order valence-corrected chi connectivity index (χ4v) is 14.2. The zero-order valence-electron chi connectivity index (χ0n) is 87.2. The van der Waals surface area contributed by atoms with Crippen LogP contribution < -0.4 is 0 Å². The van der Waals surface area contributed by atoms with Gasteiger partial charge in [0.05, 0.1) is 0 Å². The van der Waals surface area contributed by atoms with Crippen molar-refractivity contribution < 1.29 is 0 Å². The maximum atomic E-state index is 4.07. The van der Waals surface area contributed by atoms with E-state index in [0.29, 0.717) is 83.2 Å². The molecule has 2 nitrogen and oxygen atoms in total. The molecule has 0 saturated heterocycles. The van der Waals surface area contributed by atoms with Crippen molar-refractivity contribution in [2.24, 2.45) is 101 Å². The lowest BCUT2D eigenvalue weighted by Gasteiger charge is -2.37. The number of pyridine rings is 2. The van der Waals surface area contributed by atoms with Gasteiger partial charge in [0.2, 0.25) is 0 Å². The van der Waals surface area contributed by atoms with Crippen LogP contribution in [0.2, 0.25) is 0 Å². The molecule has 7 unspecified atom stereocenters. The first-order chi connectivity index (χ1) is 54.1. The number of rotatable bonds is 9. The normalized spacial score (nSPS) is 16.1. The van der Waals surface area contributed by atoms with Gasteiger partial charge in [-0.3, -0.25) is 9.97 Å². The standard InChI is InChI=1S/C16H20.C13H20.C12H24.C12H18.C11H17N.C11H16.C10H15N.C9H20.C8H16.C8H18.C7H14/c1-12(16(2,3)4)14-10-9-13-7-5-6-8-15(13)11-14;1-10-6-8-12(9-7-10)11(2)13(3,4)5;2*1-10(12(2,3)4)11-8-6-5-7-9-11;1-9(11(2,3)4)10-5-7-12-8-6-10;1-11(2,3)9-10-7-5-4-6-8-10;1-10(2,3)7-9-5-4-6-11-8-9;1-7(2)8(3)9(4,5)6;1-8(2,3)7-5-4-6-7;1-6-7(2)8(3,4)5;1-7(2,3)6-4-5-6/h5-12H,1-4H3;6-9,11H,1-5H3;10-11H,5-9H2,1-4H3;5-10H,1-4H3;5-9H,1-4H3;4-8H,9H2,1-3H3;4-6,8H,7H2,1-3H3;7-8H,1-6H3;7H,4-6H2,1-3H3;7H,6H2,1-5H3;6H,4-5H2,1-3H3. The van der Waals surface area contributed by atoms with Gasteiger partial charge >= 0.3 is 0 Å². The summed E-state index contributed by atoms with van der Waals surface area (Å²) in [7, 11) is 0. The first-order valence-electron chi connectivity index (χ1n) is 47.6. The number of aromatic nitrogens is 2. The molecule has 3 fully saturated rings. The third-order valence-electron chi connectivity index (χ3n) is 26.9. The average molecular weight is 1630 g/mol. The maximum Gasteiger partial charge on any atom is 0.0300 e. The van der Waals surface area contributed by atoms with Crippen molar-refractivity contribution in [2.75, 3.05) is 0 Å². The highest BCUT2D eigenvalue weighted by molar-refractivity contribution is 5.83. The predicted molar refractivity (Wildman–Crippen MR) is 541 cm³/mol. The van der Waals surface area contributed by atoms with Crippen LogP contribution in [0.15, 0.2) is 176 Å². The molecular formula is C117H198N2. The van der Waals surface area contributed by atoms with Crippen molar-refractivity contribution in [3.63, 3.8) is 0 Å². The highest BCUT2D eigenvalue weighted by atomic mass is 14.6. The molecule has 0 radical (unpaired) electrons. The third-order valence-corrected chi connectivity index (χ3v) is 26.9. The van der Waals surface area contributed by atoms with Gasteiger partial charge in [0.1, 0.15) is 0 Å². The Balaban J connectivity index is 0.00000130. The molecule has 7 atom stereocenters. The lowest BCUT2D eigenvalue weighted by Crippen LogP contribution is -2.27. The van der Waals surface area contributed by atoms with Crippen LogP contribution in [-0.4, -0.2) is 9.97 Å². The van der Waals surface area contributed by atoms with E-state index < -0.39 is 0 Å². The van der Waals surface area contributed by atoms with Crippen LogP contribution in [0.4, 0.5) is 0 Å². The molecule has 2 aromatic heterocycles. The largest absolute Gasteiger partial charge is 0.265 e. The summed E-state index contributed by atoms with van der Waals surface area (Å²) in [6.07, 6.45) is 25.8. The summed E-state index contributed by atoms with van der Waals surface area (Å²) in [4.78, 5) is 8.08. The minimum absolute atomic E-state index is 0.322. The van der Waals surface area contributed by atoms with Crippen LogP contribution in [0, 0.1) is 108 Å². The molecular weight excluding hydrogens is 1430 g/mol. The van der Waals surface area contributed by atoms with E-state index in [1.807, 2.05) is 30.9 Å². The Morgan fingerprint density at radius 1 is 0.311 bits per heavy atom. The van der Waals surface area contributed by atoms with E-state index in [2.05, 4.69) is 460 Å². The highest BCUT2D eigenvalue weighted by Crippen LogP contribution is 2.45. The van der Waals surface area contributed by atoms with Crippen LogP contribution >= 0.6 is 0 Å². The molecule has 7 aromatic rings. The first-order valence-corrected chi connectivity index (χ1v) is 47.6. The van der Waals surface area contributed by atoms with Gasteiger partial charge in [-0.05, 0) is 232 Å². The van der Waals surface area contributed by atoms with Gasteiger partial charge in [0, 0.05) is 24.8 Å². The van der Waals surface area contributed by atoms with Crippen LogP contribution in [0.3, 0.4) is 0 Å². The molecule has 0 bridgehead atoms. The minimum Gasteiger partial charge on any atom is -0.265 e. The molecule has 676 valence electrons. The molecule has 2 heteroatoms. The van der Waals surface area contributed by atoms with Gasteiger partial charge in [0.15, 0.2) is 0 Å². The van der Waals surface area contributed by atoms with Gasteiger partial charge < -0.3 is 0 Å². The van der Waals surface area contributed by atoms with E-state index in [-0.39, 0.29) is 0 Å². The van der Waals surface area contributed by atoms with Gasteiger partial charge in [-0.25, -0.2) is 0 Å². The molecule has 0 N–H and O–H groups in total. The number of aryl methyl sites for hydroxylation is 1. The van der Waals surface area contributed by atoms with E-state index in [4.69, 9.17) is 0 Å². The minimum atomic E-state index is 0.322. The molecule has 5 aromatic carbocycles. The SMILES string of the molecule is CC(C)(C)C1CC1.CC(C)(C)C1CCC1.CC(C)(C)Cc1ccccc1.CC(C)(C)Cc1cccnc1.CC(C)C(C)C(C)(C)C.CC(C1CCCCC1)C(C)(C)C.CC(c1ccc2ccccc2c1)C(C)(C)C.CC(c1ccccc1)C(C)(C)C.CC(c1ccncc1)C(C)(C)C.CCC(C)C(C)(C)C.Cc1ccc(C(C)C(C)(C)C)cc1. The lowest BCUT2D eigenvalue weighted by atomic mass is 9.69. The zero-order chi connectivity index (χ0) is 92.2. The van der Waals surface area contributed by atoms with E-state index >= 15 is 0 Å². The summed E-state index contributed by atoms with van der Waals surface area (Å²) in [5.74, 6) is 8.88. The van der Waals surface area contributed by atoms with Crippen molar-refractivity contribution in [3.05, 3.63) is 215 Å². The Morgan fingerprint density at radius 2 is 0.681 bits per heavy atom. The molecule has 119 heavy (non-hydrogen) atoms. The van der Waals surface area contributed by atoms with Crippen LogP contribution in [-0.2, 0) is 12.8 Å². The second-order valence-corrected chi connectivity index (χ2v) is 49.1. The average Bonchev–Trinajstić information content (AvgIpc) is 0.837. The van der Waals surface area contributed by atoms with Crippen molar-refractivity contribution in [2.45, 2.75) is 412 Å². The van der Waals surface area contributed by atoms with E-state index in [0.717, 1.165) is 54.3 Å². The number of hydrogen-bond acceptors (Lipinski definition) is 2. The number of nitrogens with zero attached hydrogens (tertiary/aromatic N) is 2. The van der Waals surface area contributed by atoms with Crippen molar-refractivity contribution in [1.29, 1.82) is 0 Å². The Bertz CT molecular complexity index is 3530. The molecule has 0 amide bonds. The molecule has 0 aliphatic heterocycles. The highest BCUT2D eigenvalue weighted by Gasteiger charge is 2.34. The summed E-state index contributed by atoms with van der Waals surface area (Å²) in [5.41, 5.74) is 14.6. The molecule has 2 heterocycles. The molecule has 3 aliphatic carbocycles. The molecule has 3 aliphatic rings. The van der Waals surface area contributed by atoms with Crippen LogP contribution in [0.25, 0.3) is 10.8 Å². The second kappa shape index (κ2) is 51.8. The van der Waals surface area contributed by atoms with Gasteiger partial charge in [0.25, 0.3) is 0 Å². The molecule has 3 saturated carbocycles. The second-order valence-electron chi connectivity index (χ2n) is 49.1. The molecule has 10 rings (SSSR count). The fourth-order valence-electron chi connectivity index (χ4n) is 14.2. The van der Waals surface area contributed by atoms with Crippen molar-refractivity contribution in [3.8, 4) is 0 Å². The van der Waals surface area contributed by atoms with Crippen LogP contribution in [0.5, 0.6) is 0 Å². The smallest absolute Gasteiger partial charge is 0.0300 e. The third kappa shape index (κ3) is 51.5. The maximum absolute atomic E-state index is 4.07. The Labute approximate surface area is 744 Å². The summed E-state index contributed by atoms with van der Waals surface area (Å²) in [6.45, 7) is 101. The van der Waals surface area contributed by atoms with Crippen molar-refractivity contribution in [1.82, 2.24) is 9.97 Å². The quantitative estimate of drug-likeness (QED) is 0.144. The monoisotopic (exact) mass is 1630 g/mol. The zero-order valence-corrected chi connectivity index (χ0v) is 87.2. The lowest BCUT2D eigenvalue weighted by molar-refractivity contribution is 0.141. The van der Waals surface area contributed by atoms with Crippen LogP contribution in [0.1, 0.15) is 431 Å². The summed E-state index contributed by atoms with van der Waals surface area (Å²) >= 11 is 0. The summed E-state index contributed by atoms with van der Waals surface area (Å²) in [6, 6.07) is 53.9. The van der Waals surface area contributed by atoms with Gasteiger partial charge in [-0.2, -0.15) is 0 Å². The summed E-state index contributed by atoms with van der Waals surface area (Å²) < 4.78 is 0. The Kier molecular flexibility index (Phi) is 49.5.